The number of hydrogen-bond acceptors (Lipinski definition) is 3. The van der Waals surface area contributed by atoms with Gasteiger partial charge in [0.2, 0.25) is 0 Å². The number of fused-ring (bicyclic) bond motifs is 2. The Kier molecular flexibility index (Phi) is 5.30. The predicted molar refractivity (Wildman–Crippen MR) is 91.9 cm³/mol. The van der Waals surface area contributed by atoms with Crippen LogP contribution in [0.15, 0.2) is 23.3 Å². The van der Waals surface area contributed by atoms with Crippen LogP contribution in [0.2, 0.25) is 0 Å². The van der Waals surface area contributed by atoms with Crippen molar-refractivity contribution >= 4 is 12.6 Å². The number of hydrogen-bond donors (Lipinski definition) is 1. The van der Waals surface area contributed by atoms with Gasteiger partial charge in [-0.2, -0.15) is 0 Å². The molecule has 0 unspecified atom stereocenters. The van der Waals surface area contributed by atoms with Crippen LogP contribution in [0.5, 0.6) is 0 Å². The molecule has 0 heterocycles. The lowest BCUT2D eigenvalue weighted by Gasteiger charge is -2.56. The lowest BCUT2D eigenvalue weighted by atomic mass is 9.48. The molecule has 3 heteroatoms. The van der Waals surface area contributed by atoms with Crippen molar-refractivity contribution in [3.63, 3.8) is 0 Å². The van der Waals surface area contributed by atoms with Crippen molar-refractivity contribution in [3.8, 4) is 0 Å². The summed E-state index contributed by atoms with van der Waals surface area (Å²) >= 11 is 0. The van der Waals surface area contributed by atoms with Gasteiger partial charge in [-0.25, -0.2) is 0 Å². The van der Waals surface area contributed by atoms with Crippen LogP contribution in [0.3, 0.4) is 0 Å². The van der Waals surface area contributed by atoms with Gasteiger partial charge in [0.15, 0.2) is 0 Å². The Morgan fingerprint density at radius 1 is 1.43 bits per heavy atom. The van der Waals surface area contributed by atoms with Crippen LogP contribution in [0.25, 0.3) is 0 Å². The molecule has 1 fully saturated rings. The van der Waals surface area contributed by atoms with Gasteiger partial charge < -0.3 is 9.90 Å². The Hall–Kier alpha value is -1.22. The third-order valence-corrected chi connectivity index (χ3v) is 6.22. The summed E-state index contributed by atoms with van der Waals surface area (Å²) in [6.07, 6.45) is 9.43. The van der Waals surface area contributed by atoms with E-state index in [1.165, 1.54) is 5.57 Å². The zero-order valence-electron chi connectivity index (χ0n) is 14.8. The molecule has 23 heavy (non-hydrogen) atoms. The third-order valence-electron chi connectivity index (χ3n) is 6.22. The Balaban J connectivity index is 2.34. The highest BCUT2D eigenvalue weighted by Gasteiger charge is 2.60. The van der Waals surface area contributed by atoms with E-state index in [0.29, 0.717) is 12.0 Å². The van der Waals surface area contributed by atoms with Gasteiger partial charge in [0.1, 0.15) is 12.6 Å². The van der Waals surface area contributed by atoms with Gasteiger partial charge in [-0.15, -0.1) is 0 Å². The van der Waals surface area contributed by atoms with E-state index >= 15 is 0 Å². The summed E-state index contributed by atoms with van der Waals surface area (Å²) in [5, 5.41) is 11.0. The highest BCUT2D eigenvalue weighted by molar-refractivity contribution is 5.86. The van der Waals surface area contributed by atoms with Gasteiger partial charge in [0, 0.05) is 5.57 Å². The maximum absolute atomic E-state index is 12.1. The first-order chi connectivity index (χ1) is 10.8. The monoisotopic (exact) mass is 318 g/mol. The Labute approximate surface area is 139 Å². The van der Waals surface area contributed by atoms with Crippen molar-refractivity contribution in [3.05, 3.63) is 23.3 Å². The van der Waals surface area contributed by atoms with E-state index in [2.05, 4.69) is 26.8 Å². The van der Waals surface area contributed by atoms with Crippen LogP contribution in [0, 0.1) is 22.7 Å². The molecule has 2 rings (SSSR count). The molecule has 1 saturated carbocycles. The van der Waals surface area contributed by atoms with Crippen molar-refractivity contribution in [2.75, 3.05) is 0 Å². The molecule has 0 aromatic heterocycles. The minimum atomic E-state index is -1.02. The summed E-state index contributed by atoms with van der Waals surface area (Å²) in [6.45, 7) is 8.36. The fourth-order valence-electron chi connectivity index (χ4n) is 4.71. The quantitative estimate of drug-likeness (QED) is 0.597. The maximum Gasteiger partial charge on any atom is 0.146 e. The van der Waals surface area contributed by atoms with Gasteiger partial charge in [0.25, 0.3) is 0 Å². The van der Waals surface area contributed by atoms with Crippen molar-refractivity contribution < 1.29 is 14.7 Å². The zero-order valence-corrected chi connectivity index (χ0v) is 14.8. The van der Waals surface area contributed by atoms with Gasteiger partial charge in [-0.05, 0) is 63.2 Å². The van der Waals surface area contributed by atoms with Crippen molar-refractivity contribution in [2.24, 2.45) is 22.7 Å². The van der Waals surface area contributed by atoms with E-state index in [-0.39, 0.29) is 17.3 Å². The minimum absolute atomic E-state index is 0.0328. The molecule has 0 spiro atoms. The highest BCUT2D eigenvalue weighted by atomic mass is 16.3. The second-order valence-electron chi connectivity index (χ2n) is 8.07. The molecule has 0 aliphatic heterocycles. The predicted octanol–water partition coefficient (Wildman–Crippen LogP) is 3.86. The average molecular weight is 318 g/mol. The number of carbonyl (C=O) groups excluding carboxylic acids is 2. The van der Waals surface area contributed by atoms with E-state index in [0.717, 1.165) is 38.3 Å². The normalized spacial score (nSPS) is 37.5. The molecular formula is C20H30O3. The Morgan fingerprint density at radius 2 is 2.13 bits per heavy atom. The summed E-state index contributed by atoms with van der Waals surface area (Å²) in [5.41, 5.74) is 0.488. The summed E-state index contributed by atoms with van der Waals surface area (Å²) in [5.74, 6) is 0.321. The SMILES string of the molecule is CC(C)=CCC[C@@H](C)[C@@H]1CC[C@]2(C)CC=C(C=O)[C@@]1(C=O)[C@H]2O. The van der Waals surface area contributed by atoms with Gasteiger partial charge in [-0.1, -0.05) is 31.6 Å². The lowest BCUT2D eigenvalue weighted by Crippen LogP contribution is -2.59. The van der Waals surface area contributed by atoms with E-state index in [1.807, 2.05) is 13.0 Å². The minimum Gasteiger partial charge on any atom is -0.391 e. The van der Waals surface area contributed by atoms with Crippen molar-refractivity contribution in [1.29, 1.82) is 0 Å². The van der Waals surface area contributed by atoms with Gasteiger partial charge >= 0.3 is 0 Å². The molecule has 2 aliphatic rings. The van der Waals surface area contributed by atoms with Crippen molar-refractivity contribution in [2.45, 2.75) is 65.9 Å². The molecule has 0 aromatic rings. The topological polar surface area (TPSA) is 54.4 Å². The molecule has 2 aliphatic carbocycles. The van der Waals surface area contributed by atoms with E-state index in [9.17, 15) is 14.7 Å². The first-order valence-corrected chi connectivity index (χ1v) is 8.75. The molecule has 3 nitrogen and oxygen atoms in total. The smallest absolute Gasteiger partial charge is 0.146 e. The molecule has 0 saturated heterocycles. The second-order valence-corrected chi connectivity index (χ2v) is 8.07. The molecule has 1 N–H and O–H groups in total. The molecule has 5 atom stereocenters. The summed E-state index contributed by atoms with van der Waals surface area (Å²) in [7, 11) is 0. The van der Waals surface area contributed by atoms with Crippen LogP contribution >= 0.6 is 0 Å². The van der Waals surface area contributed by atoms with Crippen molar-refractivity contribution in [1.82, 2.24) is 0 Å². The summed E-state index contributed by atoms with van der Waals surface area (Å²) in [6, 6.07) is 0. The van der Waals surface area contributed by atoms with E-state index in [4.69, 9.17) is 0 Å². The fraction of sp³-hybridized carbons (Fsp3) is 0.700. The highest BCUT2D eigenvalue weighted by Crippen LogP contribution is 2.59. The third kappa shape index (κ3) is 2.96. The number of rotatable bonds is 6. The number of aliphatic hydroxyl groups is 1. The van der Waals surface area contributed by atoms with Gasteiger partial charge in [-0.3, -0.25) is 4.79 Å². The molecule has 0 aromatic carbocycles. The first-order valence-electron chi connectivity index (χ1n) is 8.75. The largest absolute Gasteiger partial charge is 0.391 e. The molecule has 128 valence electrons. The van der Waals surface area contributed by atoms with E-state index < -0.39 is 11.5 Å². The maximum atomic E-state index is 12.1. The number of carbonyl (C=O) groups is 2. The van der Waals surface area contributed by atoms with Crippen LogP contribution in [0.4, 0.5) is 0 Å². The van der Waals surface area contributed by atoms with Crippen LogP contribution in [-0.2, 0) is 9.59 Å². The van der Waals surface area contributed by atoms with Crippen LogP contribution < -0.4 is 0 Å². The van der Waals surface area contributed by atoms with Crippen LogP contribution in [-0.4, -0.2) is 23.8 Å². The summed E-state index contributed by atoms with van der Waals surface area (Å²) in [4.78, 5) is 23.7. The second kappa shape index (κ2) is 6.72. The zero-order chi connectivity index (χ0) is 17.3. The molecular weight excluding hydrogens is 288 g/mol. The van der Waals surface area contributed by atoms with Crippen LogP contribution in [0.1, 0.15) is 59.8 Å². The first kappa shape index (κ1) is 18.1. The molecule has 2 bridgehead atoms. The molecule has 0 amide bonds. The molecule has 0 radical (unpaired) electrons. The number of aldehydes is 2. The summed E-state index contributed by atoms with van der Waals surface area (Å²) < 4.78 is 0. The lowest BCUT2D eigenvalue weighted by molar-refractivity contribution is -0.153. The Morgan fingerprint density at radius 3 is 2.70 bits per heavy atom. The number of allylic oxidation sites excluding steroid dienone is 3. The van der Waals surface area contributed by atoms with E-state index in [1.54, 1.807) is 0 Å². The fourth-order valence-corrected chi connectivity index (χ4v) is 4.71. The van der Waals surface area contributed by atoms with Gasteiger partial charge in [0.05, 0.1) is 11.5 Å². The standard InChI is InChI=1S/C20H30O3/c1-14(2)6-5-7-15(3)17-9-11-19(4)10-8-16(12-21)20(17,13-22)18(19)23/h6,8,12-13,15,17-18,23H,5,7,9-11H2,1-4H3/t15-,17+,18+,19+,20-/m1/s1. The average Bonchev–Trinajstić information content (AvgIpc) is 2.49. The Bertz CT molecular complexity index is 529. The number of aliphatic hydroxyl groups excluding tert-OH is 1.